The Kier molecular flexibility index (Phi) is 4.88. The Morgan fingerprint density at radius 1 is 0.957 bits per heavy atom. The van der Waals surface area contributed by atoms with Gasteiger partial charge in [0.15, 0.2) is 0 Å². The number of carbonyl (C=O) groups excluding carboxylic acids is 1. The van der Waals surface area contributed by atoms with Gasteiger partial charge in [0.1, 0.15) is 0 Å². The maximum atomic E-state index is 12.7. The third kappa shape index (κ3) is 4.60. The number of rotatable bonds is 2. The minimum Gasteiger partial charge on any atom is -0.381 e. The maximum Gasteiger partial charge on any atom is 0.416 e. The van der Waals surface area contributed by atoms with Gasteiger partial charge in [0.2, 0.25) is 5.91 Å². The van der Waals surface area contributed by atoms with Gasteiger partial charge in [0.25, 0.3) is 0 Å². The molecule has 0 aromatic heterocycles. The fourth-order valence-electron chi connectivity index (χ4n) is 2.23. The maximum absolute atomic E-state index is 12.7. The first-order valence-electron chi connectivity index (χ1n) is 6.75. The highest BCUT2D eigenvalue weighted by Gasteiger charge is 2.37. The Morgan fingerprint density at radius 2 is 1.43 bits per heavy atom. The van der Waals surface area contributed by atoms with Gasteiger partial charge in [0.05, 0.1) is 11.1 Å². The van der Waals surface area contributed by atoms with Gasteiger partial charge < -0.3 is 10.1 Å². The number of hydrogen-bond acceptors (Lipinski definition) is 2. The minimum atomic E-state index is -4.95. The number of nitrogens with one attached hydrogen (secondary N) is 1. The Bertz CT molecular complexity index is 543. The summed E-state index contributed by atoms with van der Waals surface area (Å²) in [4.78, 5) is 12.0. The molecule has 128 valence electrons. The van der Waals surface area contributed by atoms with Crippen molar-refractivity contribution in [2.24, 2.45) is 5.92 Å². The van der Waals surface area contributed by atoms with Crippen molar-refractivity contribution >= 4 is 11.6 Å². The normalized spacial score (nSPS) is 17.1. The van der Waals surface area contributed by atoms with Crippen LogP contribution >= 0.6 is 0 Å². The SMILES string of the molecule is O=C(Nc1cc(C(F)(F)F)cc(C(F)(F)F)c1)C1CCOCC1. The molecule has 1 aliphatic heterocycles. The molecular weight excluding hydrogens is 328 g/mol. The molecule has 1 saturated heterocycles. The Hall–Kier alpha value is -1.77. The number of carbonyl (C=O) groups is 1. The third-order valence-electron chi connectivity index (χ3n) is 3.45. The fraction of sp³-hybridized carbons (Fsp3) is 0.500. The molecule has 0 atom stereocenters. The molecule has 1 amide bonds. The van der Waals surface area contributed by atoms with E-state index in [0.29, 0.717) is 38.2 Å². The van der Waals surface area contributed by atoms with Gasteiger partial charge in [-0.05, 0) is 31.0 Å². The lowest BCUT2D eigenvalue weighted by atomic mass is 9.99. The van der Waals surface area contributed by atoms with Gasteiger partial charge >= 0.3 is 12.4 Å². The zero-order valence-corrected chi connectivity index (χ0v) is 11.7. The molecular formula is C14H13F6NO2. The highest BCUT2D eigenvalue weighted by molar-refractivity contribution is 5.92. The van der Waals surface area contributed by atoms with E-state index in [-0.39, 0.29) is 6.07 Å². The first-order chi connectivity index (χ1) is 10.6. The first-order valence-corrected chi connectivity index (χ1v) is 6.75. The molecule has 0 spiro atoms. The lowest BCUT2D eigenvalue weighted by Crippen LogP contribution is -2.28. The van der Waals surface area contributed by atoms with Crippen LogP contribution in [0.3, 0.4) is 0 Å². The van der Waals surface area contributed by atoms with Crippen molar-refractivity contribution in [2.45, 2.75) is 25.2 Å². The number of halogens is 6. The van der Waals surface area contributed by atoms with Crippen molar-refractivity contribution in [3.63, 3.8) is 0 Å². The van der Waals surface area contributed by atoms with E-state index in [9.17, 15) is 31.1 Å². The quantitative estimate of drug-likeness (QED) is 0.823. The van der Waals surface area contributed by atoms with Gasteiger partial charge in [0, 0.05) is 24.8 Å². The van der Waals surface area contributed by atoms with Crippen LogP contribution < -0.4 is 5.32 Å². The molecule has 3 nitrogen and oxygen atoms in total. The predicted molar refractivity (Wildman–Crippen MR) is 68.6 cm³/mol. The van der Waals surface area contributed by atoms with E-state index >= 15 is 0 Å². The molecule has 2 rings (SSSR count). The van der Waals surface area contributed by atoms with Crippen LogP contribution in [0.5, 0.6) is 0 Å². The van der Waals surface area contributed by atoms with Crippen LogP contribution in [0.1, 0.15) is 24.0 Å². The topological polar surface area (TPSA) is 38.3 Å². The van der Waals surface area contributed by atoms with Crippen molar-refractivity contribution in [1.29, 1.82) is 0 Å². The molecule has 1 N–H and O–H groups in total. The van der Waals surface area contributed by atoms with Crippen molar-refractivity contribution in [2.75, 3.05) is 18.5 Å². The molecule has 1 aromatic rings. The van der Waals surface area contributed by atoms with Crippen molar-refractivity contribution in [3.8, 4) is 0 Å². The lowest BCUT2D eigenvalue weighted by Gasteiger charge is -2.22. The van der Waals surface area contributed by atoms with E-state index < -0.39 is 41.0 Å². The highest BCUT2D eigenvalue weighted by Crippen LogP contribution is 2.37. The summed E-state index contributed by atoms with van der Waals surface area (Å²) in [5.41, 5.74) is -3.45. The van der Waals surface area contributed by atoms with Crippen LogP contribution in [0.25, 0.3) is 0 Å². The molecule has 0 unspecified atom stereocenters. The van der Waals surface area contributed by atoms with Gasteiger partial charge in [-0.3, -0.25) is 4.79 Å². The Morgan fingerprint density at radius 3 is 1.87 bits per heavy atom. The minimum absolute atomic E-state index is 0.0180. The zero-order chi connectivity index (χ0) is 17.3. The molecule has 0 aliphatic carbocycles. The van der Waals surface area contributed by atoms with Crippen LogP contribution in [0.2, 0.25) is 0 Å². The lowest BCUT2D eigenvalue weighted by molar-refractivity contribution is -0.143. The fourth-order valence-corrected chi connectivity index (χ4v) is 2.23. The molecule has 0 saturated carbocycles. The van der Waals surface area contributed by atoms with E-state index in [2.05, 4.69) is 5.32 Å². The van der Waals surface area contributed by atoms with Crippen LogP contribution in [-0.2, 0) is 21.9 Å². The smallest absolute Gasteiger partial charge is 0.381 e. The molecule has 9 heteroatoms. The second-order valence-corrected chi connectivity index (χ2v) is 5.17. The molecule has 1 fully saturated rings. The first kappa shape index (κ1) is 17.6. The van der Waals surface area contributed by atoms with E-state index in [1.165, 1.54) is 0 Å². The summed E-state index contributed by atoms with van der Waals surface area (Å²) in [5.74, 6) is -1.10. The average Bonchev–Trinajstić information content (AvgIpc) is 2.46. The largest absolute Gasteiger partial charge is 0.416 e. The molecule has 0 bridgehead atoms. The van der Waals surface area contributed by atoms with E-state index in [0.717, 1.165) is 0 Å². The number of amides is 1. The number of hydrogen-bond donors (Lipinski definition) is 1. The Labute approximate surface area is 127 Å². The van der Waals surface area contributed by atoms with Gasteiger partial charge in [-0.2, -0.15) is 26.3 Å². The molecule has 23 heavy (non-hydrogen) atoms. The third-order valence-corrected chi connectivity index (χ3v) is 3.45. The number of benzene rings is 1. The zero-order valence-electron chi connectivity index (χ0n) is 11.7. The van der Waals surface area contributed by atoms with Crippen molar-refractivity contribution in [1.82, 2.24) is 0 Å². The summed E-state index contributed by atoms with van der Waals surface area (Å²) in [6.45, 7) is 0.656. The summed E-state index contributed by atoms with van der Waals surface area (Å²) >= 11 is 0. The van der Waals surface area contributed by atoms with Gasteiger partial charge in [-0.25, -0.2) is 0 Å². The number of alkyl halides is 6. The van der Waals surface area contributed by atoms with E-state index in [1.807, 2.05) is 0 Å². The van der Waals surface area contributed by atoms with Crippen molar-refractivity contribution < 1.29 is 35.9 Å². The van der Waals surface area contributed by atoms with Crippen molar-refractivity contribution in [3.05, 3.63) is 29.3 Å². The Balaban J connectivity index is 2.28. The standard InChI is InChI=1S/C14H13F6NO2/c15-13(16,17)9-5-10(14(18,19)20)7-11(6-9)21-12(22)8-1-3-23-4-2-8/h5-8H,1-4H2,(H,21,22). The summed E-state index contributed by atoms with van der Waals surface area (Å²) in [6.07, 6.45) is -9.15. The second-order valence-electron chi connectivity index (χ2n) is 5.17. The molecule has 0 radical (unpaired) electrons. The molecule has 1 aliphatic rings. The predicted octanol–water partition coefficient (Wildman–Crippen LogP) is 4.09. The summed E-state index contributed by atoms with van der Waals surface area (Å²) in [7, 11) is 0. The van der Waals surface area contributed by atoms with Crippen LogP contribution in [0.4, 0.5) is 32.0 Å². The van der Waals surface area contributed by atoms with Gasteiger partial charge in [-0.15, -0.1) is 0 Å². The van der Waals surface area contributed by atoms with E-state index in [1.54, 1.807) is 0 Å². The summed E-state index contributed by atoms with van der Waals surface area (Å²) in [6, 6.07) is 1.00. The highest BCUT2D eigenvalue weighted by atomic mass is 19.4. The average molecular weight is 341 g/mol. The van der Waals surface area contributed by atoms with Gasteiger partial charge in [-0.1, -0.05) is 0 Å². The second kappa shape index (κ2) is 6.38. The van der Waals surface area contributed by atoms with Crippen LogP contribution in [0.15, 0.2) is 18.2 Å². The van der Waals surface area contributed by atoms with Crippen LogP contribution in [0, 0.1) is 5.92 Å². The number of anilines is 1. The summed E-state index contributed by atoms with van der Waals surface area (Å²) < 4.78 is 81.4. The summed E-state index contributed by atoms with van der Waals surface area (Å²) in [5, 5.41) is 2.14. The number of ether oxygens (including phenoxy) is 1. The van der Waals surface area contributed by atoms with E-state index in [4.69, 9.17) is 4.74 Å². The molecule has 1 aromatic carbocycles. The monoisotopic (exact) mass is 341 g/mol. The molecule has 1 heterocycles. The van der Waals surface area contributed by atoms with Crippen LogP contribution in [-0.4, -0.2) is 19.1 Å².